The molecule has 17 heavy (non-hydrogen) atoms. The zero-order valence-corrected chi connectivity index (χ0v) is 10.6. The highest BCUT2D eigenvalue weighted by atomic mass is 32.2. The summed E-state index contributed by atoms with van der Waals surface area (Å²) in [6.45, 7) is 2.27. The molecule has 1 atom stereocenters. The van der Waals surface area contributed by atoms with Crippen molar-refractivity contribution in [2.24, 2.45) is 0 Å². The quantitative estimate of drug-likeness (QED) is 0.633. The zero-order valence-electron chi connectivity index (χ0n) is 9.81. The minimum atomic E-state index is 0.430. The van der Waals surface area contributed by atoms with Crippen molar-refractivity contribution in [1.82, 2.24) is 0 Å². The molecule has 1 unspecified atom stereocenters. The molecular formula is C15H13BS. The Morgan fingerprint density at radius 1 is 1.06 bits per heavy atom. The van der Waals surface area contributed by atoms with E-state index in [1.807, 2.05) is 17.8 Å². The number of hydrogen-bond acceptors (Lipinski definition) is 1. The lowest BCUT2D eigenvalue weighted by molar-refractivity contribution is 0.893. The predicted octanol–water partition coefficient (Wildman–Crippen LogP) is 3.24. The average Bonchev–Trinajstić information content (AvgIpc) is 2.50. The third-order valence-electron chi connectivity index (χ3n) is 3.44. The second kappa shape index (κ2) is 4.27. The maximum atomic E-state index is 6.09. The number of benzene rings is 2. The smallest absolute Gasteiger partial charge is 0.115 e. The van der Waals surface area contributed by atoms with Crippen LogP contribution >= 0.6 is 11.8 Å². The standard InChI is InChI=1S/C15H13BS/c1-10-12-6-3-2-5-11(12)9-17-15-13(10)7-4-8-14(15)16/h2-8,10H,9H2,1H3. The van der Waals surface area contributed by atoms with Crippen molar-refractivity contribution in [3.63, 3.8) is 0 Å². The summed E-state index contributed by atoms with van der Waals surface area (Å²) in [5.74, 6) is 1.45. The minimum Gasteiger partial charge on any atom is -0.122 e. The third-order valence-corrected chi connectivity index (χ3v) is 4.65. The lowest BCUT2D eigenvalue weighted by Crippen LogP contribution is -2.09. The number of thioether (sulfide) groups is 1. The number of hydrogen-bond donors (Lipinski definition) is 0. The van der Waals surface area contributed by atoms with Crippen molar-refractivity contribution in [1.29, 1.82) is 0 Å². The summed E-state index contributed by atoms with van der Waals surface area (Å²) in [5, 5.41) is 0. The Labute approximate surface area is 108 Å². The summed E-state index contributed by atoms with van der Waals surface area (Å²) in [5.41, 5.74) is 5.14. The second-order valence-corrected chi connectivity index (χ2v) is 5.46. The van der Waals surface area contributed by atoms with Gasteiger partial charge in [0.05, 0.1) is 0 Å². The van der Waals surface area contributed by atoms with E-state index in [4.69, 9.17) is 7.85 Å². The Bertz CT molecular complexity index is 563. The van der Waals surface area contributed by atoms with Crippen LogP contribution in [0.15, 0.2) is 47.4 Å². The lowest BCUT2D eigenvalue weighted by Gasteiger charge is -2.15. The van der Waals surface area contributed by atoms with E-state index in [0.29, 0.717) is 5.92 Å². The molecule has 0 nitrogen and oxygen atoms in total. The maximum absolute atomic E-state index is 6.09. The first-order valence-electron chi connectivity index (χ1n) is 5.86. The predicted molar refractivity (Wildman–Crippen MR) is 75.4 cm³/mol. The van der Waals surface area contributed by atoms with Gasteiger partial charge in [-0.3, -0.25) is 0 Å². The van der Waals surface area contributed by atoms with E-state index >= 15 is 0 Å². The Hall–Kier alpha value is -1.15. The largest absolute Gasteiger partial charge is 0.122 e. The van der Waals surface area contributed by atoms with E-state index in [2.05, 4.69) is 43.3 Å². The van der Waals surface area contributed by atoms with Crippen LogP contribution < -0.4 is 5.46 Å². The topological polar surface area (TPSA) is 0 Å². The van der Waals surface area contributed by atoms with Crippen LogP contribution in [0, 0.1) is 0 Å². The molecular weight excluding hydrogens is 223 g/mol. The summed E-state index contributed by atoms with van der Waals surface area (Å²) < 4.78 is 0. The molecule has 0 bridgehead atoms. The highest BCUT2D eigenvalue weighted by molar-refractivity contribution is 7.98. The van der Waals surface area contributed by atoms with Crippen LogP contribution in [0.1, 0.15) is 29.5 Å². The average molecular weight is 236 g/mol. The van der Waals surface area contributed by atoms with Gasteiger partial charge in [-0.2, -0.15) is 0 Å². The molecule has 0 spiro atoms. The maximum Gasteiger partial charge on any atom is 0.115 e. The Morgan fingerprint density at radius 3 is 2.71 bits per heavy atom. The Kier molecular flexibility index (Phi) is 2.75. The van der Waals surface area contributed by atoms with Crippen LogP contribution in [0.3, 0.4) is 0 Å². The molecule has 2 heteroatoms. The van der Waals surface area contributed by atoms with Gasteiger partial charge < -0.3 is 0 Å². The Morgan fingerprint density at radius 2 is 1.82 bits per heavy atom. The first kappa shape index (κ1) is 11.0. The van der Waals surface area contributed by atoms with E-state index < -0.39 is 0 Å². The summed E-state index contributed by atoms with van der Waals surface area (Å²) in [4.78, 5) is 1.26. The molecule has 2 aromatic carbocycles. The van der Waals surface area contributed by atoms with Gasteiger partial charge in [-0.25, -0.2) is 0 Å². The zero-order chi connectivity index (χ0) is 11.8. The molecule has 82 valence electrons. The van der Waals surface area contributed by atoms with Crippen LogP contribution in [0.25, 0.3) is 0 Å². The fourth-order valence-corrected chi connectivity index (χ4v) is 3.70. The van der Waals surface area contributed by atoms with E-state index in [-0.39, 0.29) is 0 Å². The molecule has 2 radical (unpaired) electrons. The van der Waals surface area contributed by atoms with Crippen molar-refractivity contribution in [3.8, 4) is 0 Å². The van der Waals surface area contributed by atoms with Gasteiger partial charge in [0, 0.05) is 16.6 Å². The molecule has 0 aromatic heterocycles. The highest BCUT2D eigenvalue weighted by Crippen LogP contribution is 2.39. The summed E-state index contributed by atoms with van der Waals surface area (Å²) in [6, 6.07) is 14.9. The van der Waals surface area contributed by atoms with Crippen LogP contribution in [-0.2, 0) is 5.75 Å². The molecule has 0 amide bonds. The van der Waals surface area contributed by atoms with Crippen LogP contribution in [0.4, 0.5) is 0 Å². The normalized spacial score (nSPS) is 18.1. The van der Waals surface area contributed by atoms with E-state index in [9.17, 15) is 0 Å². The van der Waals surface area contributed by atoms with Crippen LogP contribution in [-0.4, -0.2) is 7.85 Å². The van der Waals surface area contributed by atoms with Crippen molar-refractivity contribution in [2.45, 2.75) is 23.5 Å². The number of fused-ring (bicyclic) bond motifs is 2. The van der Waals surface area contributed by atoms with Gasteiger partial charge in [0.25, 0.3) is 0 Å². The van der Waals surface area contributed by atoms with E-state index in [0.717, 1.165) is 11.2 Å². The van der Waals surface area contributed by atoms with Crippen molar-refractivity contribution in [2.75, 3.05) is 0 Å². The van der Waals surface area contributed by atoms with E-state index in [1.165, 1.54) is 21.6 Å². The second-order valence-electron chi connectivity index (χ2n) is 4.47. The van der Waals surface area contributed by atoms with Crippen molar-refractivity contribution in [3.05, 3.63) is 59.2 Å². The first-order valence-corrected chi connectivity index (χ1v) is 6.85. The van der Waals surface area contributed by atoms with Gasteiger partial charge in [-0.05, 0) is 16.7 Å². The molecule has 0 N–H and O–H groups in total. The van der Waals surface area contributed by atoms with Crippen molar-refractivity contribution >= 4 is 25.1 Å². The van der Waals surface area contributed by atoms with Crippen LogP contribution in [0.5, 0.6) is 0 Å². The fourth-order valence-electron chi connectivity index (χ4n) is 2.49. The van der Waals surface area contributed by atoms with Gasteiger partial charge in [-0.1, -0.05) is 54.9 Å². The van der Waals surface area contributed by atoms with Crippen molar-refractivity contribution < 1.29 is 0 Å². The summed E-state index contributed by atoms with van der Waals surface area (Å²) in [6.07, 6.45) is 0. The highest BCUT2D eigenvalue weighted by Gasteiger charge is 2.20. The molecule has 0 saturated carbocycles. The van der Waals surface area contributed by atoms with Gasteiger partial charge >= 0.3 is 0 Å². The number of rotatable bonds is 0. The minimum absolute atomic E-state index is 0.430. The first-order chi connectivity index (χ1) is 8.27. The fraction of sp³-hybridized carbons (Fsp3) is 0.200. The summed E-state index contributed by atoms with van der Waals surface area (Å²) >= 11 is 1.86. The monoisotopic (exact) mass is 236 g/mol. The summed E-state index contributed by atoms with van der Waals surface area (Å²) in [7, 11) is 6.09. The molecule has 0 fully saturated rings. The molecule has 1 heterocycles. The molecule has 3 rings (SSSR count). The van der Waals surface area contributed by atoms with Gasteiger partial charge in [0.2, 0.25) is 0 Å². The van der Waals surface area contributed by atoms with Gasteiger partial charge in [0.1, 0.15) is 7.85 Å². The SMILES string of the molecule is [B]c1cccc2c1SCc1ccccc1C2C. The third kappa shape index (κ3) is 1.81. The molecule has 2 aromatic rings. The molecule has 1 aliphatic rings. The molecule has 0 saturated heterocycles. The molecule has 0 aliphatic carbocycles. The van der Waals surface area contributed by atoms with Gasteiger partial charge in [0.15, 0.2) is 0 Å². The lowest BCUT2D eigenvalue weighted by atomic mass is 9.86. The van der Waals surface area contributed by atoms with E-state index in [1.54, 1.807) is 0 Å². The van der Waals surface area contributed by atoms with Crippen LogP contribution in [0.2, 0.25) is 0 Å². The Balaban J connectivity index is 2.20. The van der Waals surface area contributed by atoms with Gasteiger partial charge in [-0.15, -0.1) is 11.8 Å². The molecule has 1 aliphatic heterocycles.